The van der Waals surface area contributed by atoms with E-state index < -0.39 is 0 Å². The number of nitrogens with zero attached hydrogens (tertiary/aromatic N) is 8. The zero-order chi connectivity index (χ0) is 15.9. The lowest BCUT2D eigenvalue weighted by molar-refractivity contribution is 0.424. The summed E-state index contributed by atoms with van der Waals surface area (Å²) in [6, 6.07) is 7.84. The van der Waals surface area contributed by atoms with Gasteiger partial charge in [-0.1, -0.05) is 0 Å². The van der Waals surface area contributed by atoms with Crippen molar-refractivity contribution in [1.82, 2.24) is 34.4 Å². The molecule has 9 nitrogen and oxygen atoms in total. The molecule has 1 N–H and O–H groups in total. The first-order valence-corrected chi connectivity index (χ1v) is 7.81. The molecule has 4 aromatic rings. The van der Waals surface area contributed by atoms with Crippen LogP contribution in [0.15, 0.2) is 43.0 Å². The first-order chi connectivity index (χ1) is 11.8. The second-order valence-electron chi connectivity index (χ2n) is 5.93. The van der Waals surface area contributed by atoms with Crippen molar-refractivity contribution in [3.8, 4) is 0 Å². The molecule has 9 heteroatoms. The predicted octanol–water partition coefficient (Wildman–Crippen LogP) is 0.715. The number of anilines is 2. The van der Waals surface area contributed by atoms with E-state index in [0.717, 1.165) is 42.6 Å². The molecule has 0 aliphatic carbocycles. The maximum absolute atomic E-state index is 4.51. The third-order valence-corrected chi connectivity index (χ3v) is 4.26. The summed E-state index contributed by atoms with van der Waals surface area (Å²) in [7, 11) is 0. The Balaban J connectivity index is 1.20. The van der Waals surface area contributed by atoms with Gasteiger partial charge in [-0.2, -0.15) is 4.52 Å². The molecule has 1 fully saturated rings. The standard InChI is InChI=1S/C15H15N9/c1-2-13-16-5-6-23(13)20-12(1)17-7-11-8-22(9-11)15-4-3-14-19-18-10-24(14)21-15/h1-6,10-11H,7-9H2,(H,17,20). The molecule has 5 heterocycles. The van der Waals surface area contributed by atoms with E-state index in [4.69, 9.17) is 0 Å². The molecular weight excluding hydrogens is 306 g/mol. The van der Waals surface area contributed by atoms with Crippen molar-refractivity contribution >= 4 is 22.9 Å². The van der Waals surface area contributed by atoms with Crippen LogP contribution in [0, 0.1) is 5.92 Å². The first-order valence-electron chi connectivity index (χ1n) is 7.81. The number of hydrogen-bond donors (Lipinski definition) is 1. The maximum Gasteiger partial charge on any atom is 0.177 e. The molecule has 1 aliphatic heterocycles. The Bertz CT molecular complexity index is 995. The van der Waals surface area contributed by atoms with Crippen molar-refractivity contribution in [3.05, 3.63) is 43.0 Å². The van der Waals surface area contributed by atoms with E-state index in [0.29, 0.717) is 5.92 Å². The highest BCUT2D eigenvalue weighted by atomic mass is 15.4. The van der Waals surface area contributed by atoms with Crippen LogP contribution in [0.25, 0.3) is 11.3 Å². The van der Waals surface area contributed by atoms with Gasteiger partial charge in [0.1, 0.15) is 18.0 Å². The minimum atomic E-state index is 0.573. The van der Waals surface area contributed by atoms with Gasteiger partial charge in [0.05, 0.1) is 0 Å². The van der Waals surface area contributed by atoms with Crippen molar-refractivity contribution in [2.45, 2.75) is 0 Å². The summed E-state index contributed by atoms with van der Waals surface area (Å²) in [6.07, 6.45) is 5.21. The molecule has 4 aromatic heterocycles. The Morgan fingerprint density at radius 3 is 2.92 bits per heavy atom. The van der Waals surface area contributed by atoms with Crippen molar-refractivity contribution in [3.63, 3.8) is 0 Å². The number of imidazole rings is 1. The minimum absolute atomic E-state index is 0.573. The van der Waals surface area contributed by atoms with Crippen molar-refractivity contribution in [2.24, 2.45) is 5.92 Å². The summed E-state index contributed by atoms with van der Waals surface area (Å²) in [5.74, 6) is 2.39. The second-order valence-corrected chi connectivity index (χ2v) is 5.93. The summed E-state index contributed by atoms with van der Waals surface area (Å²) < 4.78 is 3.47. The number of hydrogen-bond acceptors (Lipinski definition) is 7. The van der Waals surface area contributed by atoms with E-state index >= 15 is 0 Å². The number of nitrogens with one attached hydrogen (secondary N) is 1. The SMILES string of the molecule is c1cn2nc(NCC3CN(c4ccc5nncn5n4)C3)ccc2n1. The summed E-state index contributed by atoms with van der Waals surface area (Å²) in [5.41, 5.74) is 1.62. The Labute approximate surface area is 136 Å². The zero-order valence-electron chi connectivity index (χ0n) is 12.8. The number of rotatable bonds is 4. The molecule has 5 rings (SSSR count). The largest absolute Gasteiger partial charge is 0.368 e. The van der Waals surface area contributed by atoms with Crippen LogP contribution in [0.5, 0.6) is 0 Å². The molecule has 0 bridgehead atoms. The molecule has 24 heavy (non-hydrogen) atoms. The molecule has 0 unspecified atom stereocenters. The molecule has 1 saturated heterocycles. The topological polar surface area (TPSA) is 88.5 Å². The van der Waals surface area contributed by atoms with Gasteiger partial charge in [-0.15, -0.1) is 20.4 Å². The number of fused-ring (bicyclic) bond motifs is 2. The third kappa shape index (κ3) is 2.21. The van der Waals surface area contributed by atoms with Crippen molar-refractivity contribution < 1.29 is 0 Å². The van der Waals surface area contributed by atoms with E-state index in [2.05, 4.69) is 35.6 Å². The molecule has 120 valence electrons. The fourth-order valence-corrected chi connectivity index (χ4v) is 2.93. The molecule has 0 radical (unpaired) electrons. The van der Waals surface area contributed by atoms with Crippen LogP contribution >= 0.6 is 0 Å². The van der Waals surface area contributed by atoms with Crippen LogP contribution < -0.4 is 10.2 Å². The van der Waals surface area contributed by atoms with Gasteiger partial charge in [0.2, 0.25) is 0 Å². The summed E-state index contributed by atoms with van der Waals surface area (Å²) in [4.78, 5) is 6.44. The van der Waals surface area contributed by atoms with Gasteiger partial charge in [-0.25, -0.2) is 9.50 Å². The lowest BCUT2D eigenvalue weighted by Gasteiger charge is -2.40. The highest BCUT2D eigenvalue weighted by molar-refractivity contribution is 5.47. The lowest BCUT2D eigenvalue weighted by atomic mass is 10.0. The third-order valence-electron chi connectivity index (χ3n) is 4.26. The highest BCUT2D eigenvalue weighted by Crippen LogP contribution is 2.23. The van der Waals surface area contributed by atoms with Gasteiger partial charge < -0.3 is 10.2 Å². The van der Waals surface area contributed by atoms with Crippen molar-refractivity contribution in [2.75, 3.05) is 29.9 Å². The Morgan fingerprint density at radius 1 is 1.04 bits per heavy atom. The molecule has 0 aromatic carbocycles. The van der Waals surface area contributed by atoms with Crippen LogP contribution in [0.3, 0.4) is 0 Å². The van der Waals surface area contributed by atoms with Crippen LogP contribution in [-0.2, 0) is 0 Å². The molecule has 0 atom stereocenters. The average molecular weight is 321 g/mol. The van der Waals surface area contributed by atoms with Gasteiger partial charge in [0.15, 0.2) is 11.3 Å². The Kier molecular flexibility index (Phi) is 2.84. The smallest absolute Gasteiger partial charge is 0.177 e. The first kappa shape index (κ1) is 13.2. The molecule has 0 spiro atoms. The fourth-order valence-electron chi connectivity index (χ4n) is 2.93. The van der Waals surface area contributed by atoms with Crippen LogP contribution in [0.2, 0.25) is 0 Å². The number of aromatic nitrogens is 7. The summed E-state index contributed by atoms with van der Waals surface area (Å²) in [5, 5.41) is 20.2. The monoisotopic (exact) mass is 321 g/mol. The van der Waals surface area contributed by atoms with Crippen LogP contribution in [0.1, 0.15) is 0 Å². The Morgan fingerprint density at radius 2 is 1.96 bits per heavy atom. The quantitative estimate of drug-likeness (QED) is 0.592. The normalized spacial score (nSPS) is 15.1. The van der Waals surface area contributed by atoms with E-state index in [1.54, 1.807) is 21.6 Å². The maximum atomic E-state index is 4.51. The van der Waals surface area contributed by atoms with E-state index in [9.17, 15) is 0 Å². The van der Waals surface area contributed by atoms with E-state index in [-0.39, 0.29) is 0 Å². The van der Waals surface area contributed by atoms with Crippen molar-refractivity contribution in [1.29, 1.82) is 0 Å². The van der Waals surface area contributed by atoms with Crippen LogP contribution in [-0.4, -0.2) is 54.0 Å². The van der Waals surface area contributed by atoms with Gasteiger partial charge in [-0.3, -0.25) is 0 Å². The second kappa shape index (κ2) is 5.15. The molecular formula is C15H15N9. The average Bonchev–Trinajstić information content (AvgIpc) is 3.21. The summed E-state index contributed by atoms with van der Waals surface area (Å²) in [6.45, 7) is 2.83. The molecule has 0 saturated carbocycles. The summed E-state index contributed by atoms with van der Waals surface area (Å²) >= 11 is 0. The molecule has 0 amide bonds. The van der Waals surface area contributed by atoms with E-state index in [1.165, 1.54) is 0 Å². The zero-order valence-corrected chi connectivity index (χ0v) is 12.8. The molecule has 1 aliphatic rings. The Hall–Kier alpha value is -3.23. The van der Waals surface area contributed by atoms with Gasteiger partial charge in [0, 0.05) is 37.9 Å². The van der Waals surface area contributed by atoms with Crippen LogP contribution in [0.4, 0.5) is 11.6 Å². The highest BCUT2D eigenvalue weighted by Gasteiger charge is 2.27. The van der Waals surface area contributed by atoms with E-state index in [1.807, 2.05) is 30.5 Å². The minimum Gasteiger partial charge on any atom is -0.368 e. The van der Waals surface area contributed by atoms with Gasteiger partial charge >= 0.3 is 0 Å². The predicted molar refractivity (Wildman–Crippen MR) is 88.0 cm³/mol. The fraction of sp³-hybridized carbons (Fsp3) is 0.267. The van der Waals surface area contributed by atoms with Gasteiger partial charge in [-0.05, 0) is 24.3 Å². The van der Waals surface area contributed by atoms with Gasteiger partial charge in [0.25, 0.3) is 0 Å². The lowest BCUT2D eigenvalue weighted by Crippen LogP contribution is -2.50.